The van der Waals surface area contributed by atoms with Crippen molar-refractivity contribution >= 4 is 34.7 Å². The second kappa shape index (κ2) is 7.42. The lowest BCUT2D eigenvalue weighted by Crippen LogP contribution is -2.45. The largest absolute Gasteiger partial charge is 0.453 e. The fourth-order valence-electron chi connectivity index (χ4n) is 4.17. The first-order chi connectivity index (χ1) is 15.8. The van der Waals surface area contributed by atoms with E-state index in [9.17, 15) is 14.7 Å². The maximum absolute atomic E-state index is 15.1. The summed E-state index contributed by atoms with van der Waals surface area (Å²) < 4.78 is 19.7. The standard InChI is InChI=1S/C24H19FN4O4/c1-13-6-5-9-19(20(13)25)29-21(30)15-7-3-4-8-16(15)24(29,32)14-10-11-17-18(12-14)27-22(26-17)28-23(31)33-2/h3-12,32H,1-2H3,(H2,26,27,28,31). The van der Waals surface area contributed by atoms with Gasteiger partial charge in [-0.25, -0.2) is 14.2 Å². The first-order valence-corrected chi connectivity index (χ1v) is 10.1. The minimum absolute atomic E-state index is 0.0311. The third kappa shape index (κ3) is 3.05. The summed E-state index contributed by atoms with van der Waals surface area (Å²) in [6, 6.07) is 16.2. The van der Waals surface area contributed by atoms with Crippen molar-refractivity contribution in [2.45, 2.75) is 12.6 Å². The summed E-state index contributed by atoms with van der Waals surface area (Å²) in [6.07, 6.45) is -0.690. The van der Waals surface area contributed by atoms with E-state index in [2.05, 4.69) is 20.0 Å². The number of benzene rings is 3. The average molecular weight is 446 g/mol. The van der Waals surface area contributed by atoms with Crippen LogP contribution in [0.25, 0.3) is 11.0 Å². The van der Waals surface area contributed by atoms with Gasteiger partial charge in [-0.05, 0) is 36.8 Å². The van der Waals surface area contributed by atoms with Gasteiger partial charge in [0.05, 0.1) is 23.8 Å². The molecular weight excluding hydrogens is 427 g/mol. The fraction of sp³-hybridized carbons (Fsp3) is 0.125. The average Bonchev–Trinajstić information content (AvgIpc) is 3.32. The number of hydrogen-bond donors (Lipinski definition) is 3. The number of methoxy groups -OCH3 is 1. The SMILES string of the molecule is COC(=O)Nc1nc2ccc(C3(O)c4ccccc4C(=O)N3c3cccc(C)c3F)cc2[nH]1. The number of rotatable bonds is 3. The summed E-state index contributed by atoms with van der Waals surface area (Å²) in [7, 11) is 1.24. The zero-order valence-electron chi connectivity index (χ0n) is 17.7. The first-order valence-electron chi connectivity index (χ1n) is 10.1. The second-order valence-corrected chi connectivity index (χ2v) is 7.70. The molecule has 9 heteroatoms. The molecule has 2 heterocycles. The Morgan fingerprint density at radius 1 is 1.18 bits per heavy atom. The molecule has 1 aliphatic rings. The van der Waals surface area contributed by atoms with Gasteiger partial charge in [0.25, 0.3) is 5.91 Å². The number of ether oxygens (including phenoxy) is 1. The summed E-state index contributed by atoms with van der Waals surface area (Å²) >= 11 is 0. The molecule has 1 aromatic heterocycles. The highest BCUT2D eigenvalue weighted by atomic mass is 19.1. The summed E-state index contributed by atoms with van der Waals surface area (Å²) in [5, 5.41) is 14.5. The van der Waals surface area contributed by atoms with Crippen LogP contribution in [0.2, 0.25) is 0 Å². The van der Waals surface area contributed by atoms with Crippen LogP contribution in [-0.2, 0) is 10.5 Å². The Morgan fingerprint density at radius 3 is 2.76 bits per heavy atom. The van der Waals surface area contributed by atoms with Crippen LogP contribution >= 0.6 is 0 Å². The number of imidazole rings is 1. The number of carbonyl (C=O) groups excluding carboxylic acids is 2. The molecule has 2 amide bonds. The molecule has 0 radical (unpaired) electrons. The molecule has 0 aliphatic carbocycles. The van der Waals surface area contributed by atoms with Crippen LogP contribution in [0.1, 0.15) is 27.0 Å². The lowest BCUT2D eigenvalue weighted by molar-refractivity contribution is 0.0699. The third-order valence-electron chi connectivity index (χ3n) is 5.76. The predicted molar refractivity (Wildman–Crippen MR) is 120 cm³/mol. The summed E-state index contributed by atoms with van der Waals surface area (Å²) in [5.74, 6) is -0.954. The second-order valence-electron chi connectivity index (χ2n) is 7.70. The molecule has 0 saturated heterocycles. The lowest BCUT2D eigenvalue weighted by atomic mass is 9.93. The normalized spacial score (nSPS) is 17.3. The van der Waals surface area contributed by atoms with Crippen molar-refractivity contribution in [3.8, 4) is 0 Å². The predicted octanol–water partition coefficient (Wildman–Crippen LogP) is 4.04. The van der Waals surface area contributed by atoms with Gasteiger partial charge in [0.15, 0.2) is 5.72 Å². The van der Waals surface area contributed by atoms with Crippen molar-refractivity contribution in [2.75, 3.05) is 17.3 Å². The third-order valence-corrected chi connectivity index (χ3v) is 5.76. The molecule has 5 rings (SSSR count). The van der Waals surface area contributed by atoms with Crippen LogP contribution in [-0.4, -0.2) is 34.2 Å². The van der Waals surface area contributed by atoms with E-state index in [1.54, 1.807) is 61.5 Å². The summed E-state index contributed by atoms with van der Waals surface area (Å²) in [5.41, 5.74) is 0.285. The van der Waals surface area contributed by atoms with Gasteiger partial charge < -0.3 is 14.8 Å². The van der Waals surface area contributed by atoms with Crippen LogP contribution in [0.3, 0.4) is 0 Å². The molecule has 166 valence electrons. The number of fused-ring (bicyclic) bond motifs is 2. The number of aliphatic hydroxyl groups is 1. The van der Waals surface area contributed by atoms with E-state index in [1.165, 1.54) is 13.2 Å². The Balaban J connectivity index is 1.70. The molecule has 4 aromatic rings. The maximum Gasteiger partial charge on any atom is 0.413 e. The van der Waals surface area contributed by atoms with E-state index < -0.39 is 23.5 Å². The number of carbonyl (C=O) groups is 2. The molecule has 0 fully saturated rings. The monoisotopic (exact) mass is 446 g/mol. The van der Waals surface area contributed by atoms with E-state index in [-0.39, 0.29) is 17.2 Å². The van der Waals surface area contributed by atoms with Gasteiger partial charge in [0.1, 0.15) is 5.82 Å². The molecule has 3 aromatic carbocycles. The van der Waals surface area contributed by atoms with Gasteiger partial charge >= 0.3 is 6.09 Å². The molecule has 8 nitrogen and oxygen atoms in total. The molecule has 1 atom stereocenters. The minimum Gasteiger partial charge on any atom is -0.453 e. The van der Waals surface area contributed by atoms with Crippen LogP contribution in [0.15, 0.2) is 60.7 Å². The number of nitrogens with zero attached hydrogens (tertiary/aromatic N) is 2. The number of aromatic nitrogens is 2. The number of halogens is 1. The zero-order valence-corrected chi connectivity index (χ0v) is 17.7. The molecule has 1 unspecified atom stereocenters. The molecule has 33 heavy (non-hydrogen) atoms. The highest BCUT2D eigenvalue weighted by molar-refractivity contribution is 6.12. The van der Waals surface area contributed by atoms with Gasteiger partial charge in [-0.3, -0.25) is 15.0 Å². The Labute approximate surface area is 187 Å². The molecule has 3 N–H and O–H groups in total. The topological polar surface area (TPSA) is 108 Å². The number of amides is 2. The van der Waals surface area contributed by atoms with E-state index in [0.717, 1.165) is 4.90 Å². The van der Waals surface area contributed by atoms with Gasteiger partial charge in [-0.15, -0.1) is 0 Å². The summed E-state index contributed by atoms with van der Waals surface area (Å²) in [6.45, 7) is 1.60. The van der Waals surface area contributed by atoms with Crippen molar-refractivity contribution in [3.05, 3.63) is 88.7 Å². The van der Waals surface area contributed by atoms with E-state index in [1.807, 2.05) is 0 Å². The highest BCUT2D eigenvalue weighted by Crippen LogP contribution is 2.46. The number of anilines is 2. The van der Waals surface area contributed by atoms with Gasteiger partial charge in [0.2, 0.25) is 5.95 Å². The van der Waals surface area contributed by atoms with Crippen molar-refractivity contribution in [1.29, 1.82) is 0 Å². The van der Waals surface area contributed by atoms with Crippen molar-refractivity contribution in [2.24, 2.45) is 0 Å². The lowest BCUT2D eigenvalue weighted by Gasteiger charge is -2.35. The van der Waals surface area contributed by atoms with Crippen LogP contribution in [0, 0.1) is 12.7 Å². The van der Waals surface area contributed by atoms with E-state index >= 15 is 4.39 Å². The number of H-pyrrole nitrogens is 1. The Hall–Kier alpha value is -4.24. The smallest absolute Gasteiger partial charge is 0.413 e. The Bertz CT molecular complexity index is 1430. The first kappa shape index (κ1) is 20.7. The van der Waals surface area contributed by atoms with Crippen molar-refractivity contribution < 1.29 is 23.8 Å². The van der Waals surface area contributed by atoms with Gasteiger partial charge in [-0.2, -0.15) is 0 Å². The Kier molecular flexibility index (Phi) is 4.64. The molecule has 0 spiro atoms. The highest BCUT2D eigenvalue weighted by Gasteiger charge is 2.51. The van der Waals surface area contributed by atoms with Gasteiger partial charge in [-0.1, -0.05) is 36.4 Å². The fourth-order valence-corrected chi connectivity index (χ4v) is 4.17. The van der Waals surface area contributed by atoms with Gasteiger partial charge in [0, 0.05) is 16.7 Å². The Morgan fingerprint density at radius 2 is 1.97 bits per heavy atom. The van der Waals surface area contributed by atoms with Crippen LogP contribution in [0.4, 0.5) is 20.8 Å². The van der Waals surface area contributed by atoms with Crippen LogP contribution in [0.5, 0.6) is 0 Å². The van der Waals surface area contributed by atoms with E-state index in [0.29, 0.717) is 27.7 Å². The summed E-state index contributed by atoms with van der Waals surface area (Å²) in [4.78, 5) is 33.2. The maximum atomic E-state index is 15.1. The number of aryl methyl sites for hydroxylation is 1. The number of aromatic amines is 1. The van der Waals surface area contributed by atoms with Crippen molar-refractivity contribution in [1.82, 2.24) is 9.97 Å². The number of nitrogens with one attached hydrogen (secondary N) is 2. The molecule has 0 saturated carbocycles. The number of hydrogen-bond acceptors (Lipinski definition) is 5. The zero-order chi connectivity index (χ0) is 23.3. The van der Waals surface area contributed by atoms with Crippen molar-refractivity contribution in [3.63, 3.8) is 0 Å². The molecule has 0 bridgehead atoms. The van der Waals surface area contributed by atoms with E-state index in [4.69, 9.17) is 0 Å². The molecule has 1 aliphatic heterocycles. The van der Waals surface area contributed by atoms with Crippen LogP contribution < -0.4 is 10.2 Å². The minimum atomic E-state index is -1.97. The molecular formula is C24H19FN4O4. The quantitative estimate of drug-likeness (QED) is 0.440.